The predicted molar refractivity (Wildman–Crippen MR) is 75.8 cm³/mol. The minimum absolute atomic E-state index is 0.0787. The minimum Gasteiger partial charge on any atom is -0.431 e. The van der Waals surface area contributed by atoms with Crippen LogP contribution < -0.4 is 0 Å². The van der Waals surface area contributed by atoms with E-state index in [1.54, 1.807) is 0 Å². The third kappa shape index (κ3) is 2.55. The third-order valence-corrected chi connectivity index (χ3v) is 5.09. The fraction of sp³-hybridized carbons (Fsp3) is 0.765. The highest BCUT2D eigenvalue weighted by Crippen LogP contribution is 2.47. The lowest BCUT2D eigenvalue weighted by Gasteiger charge is -2.40. The number of ketones is 1. The first-order valence-corrected chi connectivity index (χ1v) is 7.93. The summed E-state index contributed by atoms with van der Waals surface area (Å²) >= 11 is 0. The molecule has 3 heteroatoms. The van der Waals surface area contributed by atoms with Crippen LogP contribution >= 0.6 is 0 Å². The van der Waals surface area contributed by atoms with Gasteiger partial charge in [-0.2, -0.15) is 0 Å². The molecule has 3 rings (SSSR count). The van der Waals surface area contributed by atoms with Crippen LogP contribution in [0.25, 0.3) is 0 Å². The molecule has 2 aliphatic carbocycles. The summed E-state index contributed by atoms with van der Waals surface area (Å²) in [4.78, 5) is 24.5. The summed E-state index contributed by atoms with van der Waals surface area (Å²) in [6.45, 7) is 4.15. The Hall–Kier alpha value is -1.12. The fourth-order valence-electron chi connectivity index (χ4n) is 4.18. The molecule has 3 aliphatic rings. The standard InChI is InChI=1S/C17H24O3/c1-17(2)9-13(18)16-12(11-6-4-3-5-7-11)8-15(19)20-14(16)10-17/h11-12H,3-10H2,1-2H3/t12-/m1/s1. The number of esters is 1. The van der Waals surface area contributed by atoms with Crippen molar-refractivity contribution in [2.45, 2.75) is 65.2 Å². The van der Waals surface area contributed by atoms with Crippen molar-refractivity contribution < 1.29 is 14.3 Å². The Balaban J connectivity index is 1.93. The topological polar surface area (TPSA) is 43.4 Å². The first-order chi connectivity index (χ1) is 9.46. The average Bonchev–Trinajstić information content (AvgIpc) is 2.36. The Morgan fingerprint density at radius 2 is 1.75 bits per heavy atom. The molecule has 1 saturated carbocycles. The highest BCUT2D eigenvalue weighted by atomic mass is 16.5. The molecule has 0 radical (unpaired) electrons. The monoisotopic (exact) mass is 276 g/mol. The number of ether oxygens (including phenoxy) is 1. The minimum atomic E-state index is -0.134. The van der Waals surface area contributed by atoms with Crippen LogP contribution in [-0.4, -0.2) is 11.8 Å². The normalized spacial score (nSPS) is 31.0. The van der Waals surface area contributed by atoms with Gasteiger partial charge in [0.15, 0.2) is 5.78 Å². The average molecular weight is 276 g/mol. The summed E-state index contributed by atoms with van der Waals surface area (Å²) in [6.07, 6.45) is 7.81. The van der Waals surface area contributed by atoms with Crippen LogP contribution in [0.5, 0.6) is 0 Å². The second-order valence-corrected chi connectivity index (χ2v) is 7.46. The third-order valence-electron chi connectivity index (χ3n) is 5.09. The maximum Gasteiger partial charge on any atom is 0.311 e. The lowest BCUT2D eigenvalue weighted by atomic mass is 9.67. The molecule has 1 heterocycles. The Labute approximate surface area is 120 Å². The van der Waals surface area contributed by atoms with E-state index in [9.17, 15) is 9.59 Å². The SMILES string of the molecule is CC1(C)CC(=O)C2=C(C1)OC(=O)C[C@@H]2C1CCCCC1. The molecule has 0 unspecified atom stereocenters. The molecule has 1 fully saturated rings. The van der Waals surface area contributed by atoms with Crippen LogP contribution in [0.4, 0.5) is 0 Å². The van der Waals surface area contributed by atoms with Gasteiger partial charge in [0, 0.05) is 24.3 Å². The molecule has 3 nitrogen and oxygen atoms in total. The zero-order valence-electron chi connectivity index (χ0n) is 12.5. The number of hydrogen-bond acceptors (Lipinski definition) is 3. The number of carbonyl (C=O) groups excluding carboxylic acids is 2. The predicted octanol–water partition coefficient (Wildman–Crippen LogP) is 3.77. The lowest BCUT2D eigenvalue weighted by molar-refractivity contribution is -0.144. The van der Waals surface area contributed by atoms with Gasteiger partial charge in [0.25, 0.3) is 0 Å². The molecule has 1 aliphatic heterocycles. The van der Waals surface area contributed by atoms with Crippen molar-refractivity contribution in [1.82, 2.24) is 0 Å². The Kier molecular flexibility index (Phi) is 3.47. The second-order valence-electron chi connectivity index (χ2n) is 7.46. The molecule has 0 saturated heterocycles. The maximum absolute atomic E-state index is 12.6. The van der Waals surface area contributed by atoms with E-state index >= 15 is 0 Å². The first kappa shape index (κ1) is 13.8. The zero-order chi connectivity index (χ0) is 14.3. The number of hydrogen-bond donors (Lipinski definition) is 0. The Morgan fingerprint density at radius 1 is 1.05 bits per heavy atom. The molecule has 0 spiro atoms. The van der Waals surface area contributed by atoms with Crippen LogP contribution in [0.3, 0.4) is 0 Å². The number of rotatable bonds is 1. The summed E-state index contributed by atoms with van der Waals surface area (Å²) in [6, 6.07) is 0. The Morgan fingerprint density at radius 3 is 2.45 bits per heavy atom. The molecule has 20 heavy (non-hydrogen) atoms. The molecular weight excluding hydrogens is 252 g/mol. The van der Waals surface area contributed by atoms with Crippen LogP contribution in [0.2, 0.25) is 0 Å². The highest BCUT2D eigenvalue weighted by molar-refractivity contribution is 5.99. The quantitative estimate of drug-likeness (QED) is 0.685. The molecule has 1 atom stereocenters. The van der Waals surface area contributed by atoms with E-state index in [4.69, 9.17) is 4.74 Å². The number of Topliss-reactive ketones (excluding diaryl/α,β-unsaturated/α-hetero) is 1. The van der Waals surface area contributed by atoms with Crippen molar-refractivity contribution >= 4 is 11.8 Å². The van der Waals surface area contributed by atoms with Crippen molar-refractivity contribution in [2.24, 2.45) is 17.3 Å². The molecule has 0 aromatic carbocycles. The van der Waals surface area contributed by atoms with Gasteiger partial charge in [0.05, 0.1) is 6.42 Å². The zero-order valence-corrected chi connectivity index (χ0v) is 12.5. The van der Waals surface area contributed by atoms with E-state index in [1.165, 1.54) is 19.3 Å². The van der Waals surface area contributed by atoms with Gasteiger partial charge in [-0.15, -0.1) is 0 Å². The fourth-order valence-corrected chi connectivity index (χ4v) is 4.18. The highest BCUT2D eigenvalue weighted by Gasteiger charge is 2.43. The van der Waals surface area contributed by atoms with Crippen molar-refractivity contribution in [3.05, 3.63) is 11.3 Å². The van der Waals surface area contributed by atoms with Crippen molar-refractivity contribution in [2.75, 3.05) is 0 Å². The molecule has 0 aromatic rings. The van der Waals surface area contributed by atoms with Crippen LogP contribution in [0.15, 0.2) is 11.3 Å². The maximum atomic E-state index is 12.6. The molecule has 0 bridgehead atoms. The van der Waals surface area contributed by atoms with Crippen LogP contribution in [-0.2, 0) is 14.3 Å². The van der Waals surface area contributed by atoms with Gasteiger partial charge in [-0.1, -0.05) is 33.1 Å². The van der Waals surface area contributed by atoms with Crippen molar-refractivity contribution in [1.29, 1.82) is 0 Å². The summed E-state index contributed by atoms with van der Waals surface area (Å²) in [5.74, 6) is 1.42. The van der Waals surface area contributed by atoms with Crippen LogP contribution in [0, 0.1) is 17.3 Å². The van der Waals surface area contributed by atoms with Crippen molar-refractivity contribution in [3.8, 4) is 0 Å². The van der Waals surface area contributed by atoms with Gasteiger partial charge < -0.3 is 4.74 Å². The molecular formula is C17H24O3. The van der Waals surface area contributed by atoms with E-state index in [-0.39, 0.29) is 23.1 Å². The summed E-state index contributed by atoms with van der Waals surface area (Å²) in [7, 11) is 0. The van der Waals surface area contributed by atoms with Gasteiger partial charge in [-0.05, 0) is 24.2 Å². The molecule has 0 amide bonds. The van der Waals surface area contributed by atoms with Crippen LogP contribution in [0.1, 0.15) is 65.2 Å². The van der Waals surface area contributed by atoms with Gasteiger partial charge in [0.1, 0.15) is 5.76 Å². The number of allylic oxidation sites excluding steroid dienone is 2. The van der Waals surface area contributed by atoms with Gasteiger partial charge in [0.2, 0.25) is 0 Å². The lowest BCUT2D eigenvalue weighted by Crippen LogP contribution is -2.37. The smallest absolute Gasteiger partial charge is 0.311 e. The van der Waals surface area contributed by atoms with E-state index in [0.29, 0.717) is 24.5 Å². The molecule has 0 aromatic heterocycles. The summed E-state index contributed by atoms with van der Waals surface area (Å²) in [5, 5.41) is 0. The molecule has 0 N–H and O–H groups in total. The van der Waals surface area contributed by atoms with Gasteiger partial charge in [-0.3, -0.25) is 9.59 Å². The van der Waals surface area contributed by atoms with Gasteiger partial charge in [-0.25, -0.2) is 0 Å². The first-order valence-electron chi connectivity index (χ1n) is 7.93. The van der Waals surface area contributed by atoms with E-state index in [1.807, 2.05) is 0 Å². The van der Waals surface area contributed by atoms with E-state index in [2.05, 4.69) is 13.8 Å². The number of carbonyl (C=O) groups is 2. The summed E-state index contributed by atoms with van der Waals surface area (Å²) in [5.41, 5.74) is 0.792. The summed E-state index contributed by atoms with van der Waals surface area (Å²) < 4.78 is 5.44. The van der Waals surface area contributed by atoms with Gasteiger partial charge >= 0.3 is 5.97 Å². The second kappa shape index (κ2) is 5.01. The van der Waals surface area contributed by atoms with E-state index in [0.717, 1.165) is 24.8 Å². The largest absolute Gasteiger partial charge is 0.431 e. The van der Waals surface area contributed by atoms with E-state index < -0.39 is 0 Å². The van der Waals surface area contributed by atoms with Crippen molar-refractivity contribution in [3.63, 3.8) is 0 Å². The molecule has 110 valence electrons. The Bertz CT molecular complexity index is 467.